The number of hydrogen-bond acceptors (Lipinski definition) is 4. The van der Waals surface area contributed by atoms with E-state index in [2.05, 4.69) is 18.7 Å². The quantitative estimate of drug-likeness (QED) is 0.690. The first kappa shape index (κ1) is 13.9. The van der Waals surface area contributed by atoms with Crippen LogP contribution in [0, 0.1) is 11.8 Å². The molecule has 1 rings (SSSR count). The Kier molecular flexibility index (Phi) is 5.21. The van der Waals surface area contributed by atoms with Crippen LogP contribution in [0.1, 0.15) is 26.7 Å². The molecule has 1 aliphatic rings. The molecule has 0 aromatic carbocycles. The summed E-state index contributed by atoms with van der Waals surface area (Å²) in [5.74, 6) is 1.02. The number of nitrogens with zero attached hydrogens (tertiary/aromatic N) is 1. The maximum absolute atomic E-state index is 10.9. The summed E-state index contributed by atoms with van der Waals surface area (Å²) in [5, 5.41) is 0. The second kappa shape index (κ2) is 5.98. The van der Waals surface area contributed by atoms with Crippen LogP contribution in [0.3, 0.4) is 0 Å². The molecule has 0 aromatic rings. The average Bonchev–Trinajstić information content (AvgIpc) is 2.13. The van der Waals surface area contributed by atoms with Crippen LogP contribution in [-0.4, -0.2) is 45.8 Å². The van der Waals surface area contributed by atoms with Crippen LogP contribution in [0.4, 0.5) is 0 Å². The van der Waals surface area contributed by atoms with Crippen LogP contribution in [0.5, 0.6) is 0 Å². The smallest absolute Gasteiger partial charge is 0.264 e. The minimum Gasteiger partial charge on any atom is -0.303 e. The van der Waals surface area contributed by atoms with E-state index in [1.807, 2.05) is 0 Å². The van der Waals surface area contributed by atoms with Crippen LogP contribution < -0.4 is 0 Å². The maximum atomic E-state index is 10.9. The van der Waals surface area contributed by atoms with Gasteiger partial charge in [-0.3, -0.25) is 4.18 Å². The molecule has 0 unspecified atom stereocenters. The Morgan fingerprint density at radius 1 is 1.44 bits per heavy atom. The molecule has 0 aliphatic carbocycles. The molecule has 1 fully saturated rings. The Balaban J connectivity index is 2.33. The highest BCUT2D eigenvalue weighted by Crippen LogP contribution is 2.18. The van der Waals surface area contributed by atoms with E-state index in [-0.39, 0.29) is 0 Å². The standard InChI is InChI=1S/C11H23NO3S/c1-10(2)7-12-6-4-5-11(8-12)9-15-16(3,13)14/h10-11H,4-9H2,1-3H3/t11-/m1/s1. The summed E-state index contributed by atoms with van der Waals surface area (Å²) in [7, 11) is -3.28. The Bertz CT molecular complexity index is 300. The second-order valence-corrected chi connectivity index (χ2v) is 6.79. The van der Waals surface area contributed by atoms with Crippen molar-refractivity contribution in [1.29, 1.82) is 0 Å². The molecule has 0 bridgehead atoms. The van der Waals surface area contributed by atoms with Gasteiger partial charge in [0, 0.05) is 13.1 Å². The lowest BCUT2D eigenvalue weighted by molar-refractivity contribution is 0.123. The fraction of sp³-hybridized carbons (Fsp3) is 1.00. The zero-order valence-electron chi connectivity index (χ0n) is 10.5. The minimum atomic E-state index is -3.28. The van der Waals surface area contributed by atoms with E-state index >= 15 is 0 Å². The van der Waals surface area contributed by atoms with Gasteiger partial charge in [-0.1, -0.05) is 13.8 Å². The molecule has 0 aromatic heterocycles. The molecular weight excluding hydrogens is 226 g/mol. The van der Waals surface area contributed by atoms with Gasteiger partial charge in [0.2, 0.25) is 0 Å². The van der Waals surface area contributed by atoms with Gasteiger partial charge in [0.15, 0.2) is 0 Å². The number of hydrogen-bond donors (Lipinski definition) is 0. The molecule has 0 N–H and O–H groups in total. The number of rotatable bonds is 5. The average molecular weight is 249 g/mol. The third-order valence-electron chi connectivity index (χ3n) is 2.74. The lowest BCUT2D eigenvalue weighted by Crippen LogP contribution is -2.39. The second-order valence-electron chi connectivity index (χ2n) is 5.15. The summed E-state index contributed by atoms with van der Waals surface area (Å²) < 4.78 is 26.7. The number of likely N-dealkylation sites (tertiary alicyclic amines) is 1. The molecule has 4 nitrogen and oxygen atoms in total. The molecule has 0 radical (unpaired) electrons. The molecule has 16 heavy (non-hydrogen) atoms. The molecule has 1 atom stereocenters. The molecule has 1 saturated heterocycles. The van der Waals surface area contributed by atoms with Crippen molar-refractivity contribution in [2.75, 3.05) is 32.5 Å². The molecule has 96 valence electrons. The van der Waals surface area contributed by atoms with Crippen LogP contribution in [0.2, 0.25) is 0 Å². The van der Waals surface area contributed by atoms with Gasteiger partial charge in [0.1, 0.15) is 0 Å². The van der Waals surface area contributed by atoms with E-state index in [1.165, 1.54) is 0 Å². The van der Waals surface area contributed by atoms with Gasteiger partial charge >= 0.3 is 0 Å². The molecular formula is C11H23NO3S. The van der Waals surface area contributed by atoms with Gasteiger partial charge in [0.05, 0.1) is 12.9 Å². The van der Waals surface area contributed by atoms with Crippen molar-refractivity contribution in [3.63, 3.8) is 0 Å². The van der Waals surface area contributed by atoms with Gasteiger partial charge in [-0.15, -0.1) is 0 Å². The van der Waals surface area contributed by atoms with Gasteiger partial charge < -0.3 is 4.90 Å². The highest BCUT2D eigenvalue weighted by molar-refractivity contribution is 7.85. The van der Waals surface area contributed by atoms with Crippen LogP contribution in [0.15, 0.2) is 0 Å². The Labute approximate surface area is 99.1 Å². The fourth-order valence-corrected chi connectivity index (χ4v) is 2.63. The van der Waals surface area contributed by atoms with E-state index < -0.39 is 10.1 Å². The van der Waals surface area contributed by atoms with E-state index in [0.717, 1.165) is 38.7 Å². The first-order valence-corrected chi connectivity index (χ1v) is 7.75. The Hall–Kier alpha value is -0.130. The van der Waals surface area contributed by atoms with Crippen LogP contribution >= 0.6 is 0 Å². The Morgan fingerprint density at radius 2 is 2.12 bits per heavy atom. The van der Waals surface area contributed by atoms with Crippen molar-refractivity contribution in [2.24, 2.45) is 11.8 Å². The molecule has 1 heterocycles. The molecule has 0 spiro atoms. The lowest BCUT2D eigenvalue weighted by atomic mass is 9.98. The fourth-order valence-electron chi connectivity index (χ4n) is 2.19. The monoisotopic (exact) mass is 249 g/mol. The third-order valence-corrected chi connectivity index (χ3v) is 3.31. The SMILES string of the molecule is CC(C)CN1CCC[C@@H](COS(C)(=O)=O)C1. The zero-order valence-corrected chi connectivity index (χ0v) is 11.3. The summed E-state index contributed by atoms with van der Waals surface area (Å²) >= 11 is 0. The van der Waals surface area contributed by atoms with Gasteiger partial charge in [-0.2, -0.15) is 8.42 Å². The predicted octanol–water partition coefficient (Wildman–Crippen LogP) is 1.33. The summed E-state index contributed by atoms with van der Waals surface area (Å²) in [6.07, 6.45) is 3.33. The highest BCUT2D eigenvalue weighted by Gasteiger charge is 2.21. The van der Waals surface area contributed by atoms with Crippen molar-refractivity contribution in [3.8, 4) is 0 Å². The van der Waals surface area contributed by atoms with Gasteiger partial charge in [0.25, 0.3) is 10.1 Å². The normalized spacial score (nSPS) is 23.9. The van der Waals surface area contributed by atoms with Crippen LogP contribution in [0.25, 0.3) is 0 Å². The van der Waals surface area contributed by atoms with Crippen molar-refractivity contribution in [3.05, 3.63) is 0 Å². The minimum absolute atomic E-state index is 0.341. The summed E-state index contributed by atoms with van der Waals surface area (Å²) in [5.41, 5.74) is 0. The lowest BCUT2D eigenvalue weighted by Gasteiger charge is -2.33. The Morgan fingerprint density at radius 3 is 2.69 bits per heavy atom. The highest BCUT2D eigenvalue weighted by atomic mass is 32.2. The third kappa shape index (κ3) is 5.82. The van der Waals surface area contributed by atoms with E-state index in [9.17, 15) is 8.42 Å². The topological polar surface area (TPSA) is 46.6 Å². The van der Waals surface area contributed by atoms with Crippen molar-refractivity contribution < 1.29 is 12.6 Å². The summed E-state index contributed by atoms with van der Waals surface area (Å²) in [6.45, 7) is 7.94. The number of piperidine rings is 1. The largest absolute Gasteiger partial charge is 0.303 e. The summed E-state index contributed by atoms with van der Waals surface area (Å²) in [4.78, 5) is 2.41. The molecule has 0 saturated carbocycles. The molecule has 1 aliphatic heterocycles. The van der Waals surface area contributed by atoms with Gasteiger partial charge in [-0.05, 0) is 31.2 Å². The maximum Gasteiger partial charge on any atom is 0.264 e. The molecule has 0 amide bonds. The predicted molar refractivity (Wildman–Crippen MR) is 64.8 cm³/mol. The van der Waals surface area contributed by atoms with Crippen molar-refractivity contribution in [2.45, 2.75) is 26.7 Å². The molecule has 5 heteroatoms. The summed E-state index contributed by atoms with van der Waals surface area (Å²) in [6, 6.07) is 0. The zero-order chi connectivity index (χ0) is 12.2. The van der Waals surface area contributed by atoms with Crippen molar-refractivity contribution >= 4 is 10.1 Å². The van der Waals surface area contributed by atoms with Crippen molar-refractivity contribution in [1.82, 2.24) is 4.90 Å². The van der Waals surface area contributed by atoms with Crippen LogP contribution in [-0.2, 0) is 14.3 Å². The first-order valence-electron chi connectivity index (χ1n) is 5.93. The van der Waals surface area contributed by atoms with Gasteiger partial charge in [-0.25, -0.2) is 0 Å². The first-order chi connectivity index (χ1) is 7.37. The van der Waals surface area contributed by atoms with E-state index in [4.69, 9.17) is 4.18 Å². The van der Waals surface area contributed by atoms with E-state index in [0.29, 0.717) is 18.4 Å². The van der Waals surface area contributed by atoms with E-state index in [1.54, 1.807) is 0 Å².